The molecule has 0 saturated carbocycles. The van der Waals surface area contributed by atoms with Crippen LogP contribution in [0.5, 0.6) is 17.2 Å². The average Bonchev–Trinajstić information content (AvgIpc) is 3.25. The highest BCUT2D eigenvalue weighted by Gasteiger charge is 2.42. The van der Waals surface area contributed by atoms with Crippen molar-refractivity contribution in [3.63, 3.8) is 0 Å². The summed E-state index contributed by atoms with van der Waals surface area (Å²) in [6.45, 7) is 5.85. The first-order valence-electron chi connectivity index (χ1n) is 9.23. The number of aromatic hydroxyl groups is 2. The van der Waals surface area contributed by atoms with Gasteiger partial charge in [-0.2, -0.15) is 5.10 Å². The second kappa shape index (κ2) is 7.42. The Morgan fingerprint density at radius 2 is 2.07 bits per heavy atom. The van der Waals surface area contributed by atoms with E-state index in [-0.39, 0.29) is 17.4 Å². The first kappa shape index (κ1) is 19.8. The molecule has 1 aromatic heterocycles. The number of aromatic amines is 1. The molecule has 0 spiro atoms. The van der Waals surface area contributed by atoms with Crippen molar-refractivity contribution in [3.05, 3.63) is 70.4 Å². The minimum Gasteiger partial charge on any atom is -0.507 e. The van der Waals surface area contributed by atoms with Crippen molar-refractivity contribution in [2.75, 3.05) is 13.7 Å². The number of nitrogens with one attached hydrogen (secondary N) is 1. The number of carbonyl (C=O) groups is 1. The smallest absolute Gasteiger partial charge is 0.273 e. The highest BCUT2D eigenvalue weighted by molar-refractivity contribution is 6.31. The number of ether oxygens (including phenoxy) is 1. The van der Waals surface area contributed by atoms with Gasteiger partial charge in [-0.15, -0.1) is 6.58 Å². The summed E-state index contributed by atoms with van der Waals surface area (Å²) in [5, 5.41) is 28.2. The number of methoxy groups -OCH3 is 1. The molecule has 1 aliphatic heterocycles. The first-order chi connectivity index (χ1) is 14.4. The van der Waals surface area contributed by atoms with Crippen molar-refractivity contribution >= 4 is 17.5 Å². The zero-order valence-electron chi connectivity index (χ0n) is 16.4. The highest BCUT2D eigenvalue weighted by Crippen LogP contribution is 2.46. The van der Waals surface area contributed by atoms with Crippen LogP contribution in [0.15, 0.2) is 43.0 Å². The number of rotatable bonds is 5. The molecular weight excluding hydrogens is 406 g/mol. The van der Waals surface area contributed by atoms with Gasteiger partial charge < -0.3 is 19.8 Å². The van der Waals surface area contributed by atoms with Crippen LogP contribution in [0.1, 0.15) is 33.2 Å². The zero-order chi connectivity index (χ0) is 21.6. The second-order valence-electron chi connectivity index (χ2n) is 7.06. The molecule has 0 bridgehead atoms. The summed E-state index contributed by atoms with van der Waals surface area (Å²) >= 11 is 6.29. The Kier molecular flexibility index (Phi) is 4.91. The van der Waals surface area contributed by atoms with Crippen molar-refractivity contribution in [1.82, 2.24) is 15.1 Å². The largest absolute Gasteiger partial charge is 0.507 e. The van der Waals surface area contributed by atoms with E-state index in [0.717, 1.165) is 11.1 Å². The number of nitrogens with zero attached hydrogens (tertiary/aromatic N) is 2. The standard InChI is InChI=1S/C22H20ClN3O4/c1-4-7-26-21(12-5-6-15(27)17(9-12)30-3)18-19(24-25-20(18)22(26)29)13-10-14(23)11(2)8-16(13)28/h4-6,8-10,21,27-28H,1,7H2,2-3H3,(H,24,25). The maximum absolute atomic E-state index is 13.1. The molecule has 1 atom stereocenters. The van der Waals surface area contributed by atoms with Gasteiger partial charge in [0, 0.05) is 22.7 Å². The van der Waals surface area contributed by atoms with E-state index in [1.165, 1.54) is 13.2 Å². The maximum atomic E-state index is 13.1. The van der Waals surface area contributed by atoms with Crippen LogP contribution >= 0.6 is 11.6 Å². The van der Waals surface area contributed by atoms with Gasteiger partial charge in [0.1, 0.15) is 17.1 Å². The topological polar surface area (TPSA) is 98.7 Å². The number of H-pyrrole nitrogens is 1. The number of hydrogen-bond acceptors (Lipinski definition) is 5. The highest BCUT2D eigenvalue weighted by atomic mass is 35.5. The van der Waals surface area contributed by atoms with Gasteiger partial charge in [0.25, 0.3) is 5.91 Å². The normalized spacial score (nSPS) is 15.4. The fourth-order valence-corrected chi connectivity index (χ4v) is 3.96. The third-order valence-electron chi connectivity index (χ3n) is 5.24. The van der Waals surface area contributed by atoms with E-state index in [4.69, 9.17) is 16.3 Å². The van der Waals surface area contributed by atoms with Crippen LogP contribution in [0.2, 0.25) is 5.02 Å². The molecular formula is C22H20ClN3O4. The van der Waals surface area contributed by atoms with E-state index >= 15 is 0 Å². The Hall–Kier alpha value is -3.45. The van der Waals surface area contributed by atoms with Crippen LogP contribution in [-0.4, -0.2) is 44.9 Å². The van der Waals surface area contributed by atoms with E-state index < -0.39 is 6.04 Å². The molecule has 3 aromatic rings. The molecule has 7 nitrogen and oxygen atoms in total. The fourth-order valence-electron chi connectivity index (χ4n) is 3.80. The molecule has 30 heavy (non-hydrogen) atoms. The van der Waals surface area contributed by atoms with Crippen molar-refractivity contribution in [1.29, 1.82) is 0 Å². The average molecular weight is 426 g/mol. The van der Waals surface area contributed by atoms with E-state index in [1.54, 1.807) is 42.2 Å². The molecule has 0 aliphatic carbocycles. The van der Waals surface area contributed by atoms with Crippen molar-refractivity contribution < 1.29 is 19.7 Å². The van der Waals surface area contributed by atoms with Gasteiger partial charge >= 0.3 is 0 Å². The Morgan fingerprint density at radius 3 is 2.77 bits per heavy atom. The summed E-state index contributed by atoms with van der Waals surface area (Å²) in [4.78, 5) is 14.7. The summed E-state index contributed by atoms with van der Waals surface area (Å²) in [6.07, 6.45) is 1.64. The lowest BCUT2D eigenvalue weighted by molar-refractivity contribution is 0.0764. The number of aryl methyl sites for hydroxylation is 1. The molecule has 8 heteroatoms. The van der Waals surface area contributed by atoms with E-state index in [2.05, 4.69) is 16.8 Å². The molecule has 0 saturated heterocycles. The summed E-state index contributed by atoms with van der Waals surface area (Å²) in [5.41, 5.74) is 3.26. The van der Waals surface area contributed by atoms with Crippen LogP contribution in [0, 0.1) is 6.92 Å². The van der Waals surface area contributed by atoms with Gasteiger partial charge in [-0.1, -0.05) is 23.7 Å². The lowest BCUT2D eigenvalue weighted by Crippen LogP contribution is -2.29. The number of amides is 1. The van der Waals surface area contributed by atoms with Crippen LogP contribution in [0.3, 0.4) is 0 Å². The number of fused-ring (bicyclic) bond motifs is 1. The number of halogens is 1. The predicted octanol–water partition coefficient (Wildman–Crippen LogP) is 4.19. The van der Waals surface area contributed by atoms with Gasteiger partial charge in [-0.25, -0.2) is 0 Å². The van der Waals surface area contributed by atoms with Gasteiger partial charge in [-0.3, -0.25) is 9.89 Å². The Bertz CT molecular complexity index is 1170. The molecule has 1 aliphatic rings. The molecule has 2 heterocycles. The Morgan fingerprint density at radius 1 is 1.30 bits per heavy atom. The third-order valence-corrected chi connectivity index (χ3v) is 5.65. The number of phenols is 2. The monoisotopic (exact) mass is 425 g/mol. The molecule has 154 valence electrons. The summed E-state index contributed by atoms with van der Waals surface area (Å²) in [6, 6.07) is 7.60. The summed E-state index contributed by atoms with van der Waals surface area (Å²) in [7, 11) is 1.46. The van der Waals surface area contributed by atoms with E-state index in [0.29, 0.717) is 39.8 Å². The van der Waals surface area contributed by atoms with E-state index in [9.17, 15) is 15.0 Å². The quantitative estimate of drug-likeness (QED) is 0.532. The molecule has 2 aromatic carbocycles. The SMILES string of the molecule is C=CCN1C(=O)c2[nH]nc(-c3cc(Cl)c(C)cc3O)c2C1c1ccc(O)c(OC)c1. The number of phenolic OH excluding ortho intramolecular Hbond substituents is 2. The van der Waals surface area contributed by atoms with Crippen LogP contribution < -0.4 is 4.74 Å². The van der Waals surface area contributed by atoms with Gasteiger partial charge in [0.05, 0.1) is 13.2 Å². The molecule has 4 rings (SSSR count). The Balaban J connectivity index is 1.95. The third kappa shape index (κ3) is 2.98. The van der Waals surface area contributed by atoms with Crippen molar-refractivity contribution in [2.45, 2.75) is 13.0 Å². The van der Waals surface area contributed by atoms with Crippen LogP contribution in [-0.2, 0) is 0 Å². The number of aromatic nitrogens is 2. The maximum Gasteiger partial charge on any atom is 0.273 e. The van der Waals surface area contributed by atoms with Gasteiger partial charge in [0.2, 0.25) is 0 Å². The molecule has 0 fully saturated rings. The van der Waals surface area contributed by atoms with Crippen molar-refractivity contribution in [2.24, 2.45) is 0 Å². The minimum absolute atomic E-state index is 0.00329. The molecule has 1 amide bonds. The van der Waals surface area contributed by atoms with Crippen molar-refractivity contribution in [3.8, 4) is 28.5 Å². The van der Waals surface area contributed by atoms with Gasteiger partial charge in [0.15, 0.2) is 11.5 Å². The predicted molar refractivity (Wildman–Crippen MR) is 113 cm³/mol. The van der Waals surface area contributed by atoms with Crippen LogP contribution in [0.4, 0.5) is 0 Å². The fraction of sp³-hybridized carbons (Fsp3) is 0.182. The van der Waals surface area contributed by atoms with Gasteiger partial charge in [-0.05, 0) is 42.3 Å². The minimum atomic E-state index is -0.520. The Labute approximate surface area is 178 Å². The lowest BCUT2D eigenvalue weighted by atomic mass is 9.95. The number of benzene rings is 2. The second-order valence-corrected chi connectivity index (χ2v) is 7.47. The summed E-state index contributed by atoms with van der Waals surface area (Å²) < 4.78 is 5.25. The number of hydrogen-bond donors (Lipinski definition) is 3. The summed E-state index contributed by atoms with van der Waals surface area (Å²) in [5.74, 6) is 0.0657. The molecule has 1 unspecified atom stereocenters. The molecule has 0 radical (unpaired) electrons. The lowest BCUT2D eigenvalue weighted by Gasteiger charge is -2.25. The molecule has 3 N–H and O–H groups in total. The van der Waals surface area contributed by atoms with E-state index in [1.807, 2.05) is 0 Å². The zero-order valence-corrected chi connectivity index (χ0v) is 17.2. The number of carbonyl (C=O) groups excluding carboxylic acids is 1. The first-order valence-corrected chi connectivity index (χ1v) is 9.61. The van der Waals surface area contributed by atoms with Crippen LogP contribution in [0.25, 0.3) is 11.3 Å².